The highest BCUT2D eigenvalue weighted by atomic mass is 15.2. The lowest BCUT2D eigenvalue weighted by Crippen LogP contribution is -2.32. The van der Waals surface area contributed by atoms with E-state index in [1.54, 1.807) is 0 Å². The lowest BCUT2D eigenvalue weighted by molar-refractivity contribution is 0.346. The molecule has 0 atom stereocenters. The van der Waals surface area contributed by atoms with Crippen LogP contribution < -0.4 is 10.2 Å². The first kappa shape index (κ1) is 15.0. The third kappa shape index (κ3) is 4.07. The number of aromatic nitrogens is 2. The third-order valence-corrected chi connectivity index (χ3v) is 3.77. The Balaban J connectivity index is 1.99. The van der Waals surface area contributed by atoms with Crippen molar-refractivity contribution in [3.63, 3.8) is 0 Å². The summed E-state index contributed by atoms with van der Waals surface area (Å²) in [5.74, 6) is 2.86. The van der Waals surface area contributed by atoms with Crippen LogP contribution in [0.2, 0.25) is 0 Å². The summed E-state index contributed by atoms with van der Waals surface area (Å²) < 4.78 is 0. The molecule has 1 saturated heterocycles. The Morgan fingerprint density at radius 1 is 1.25 bits per heavy atom. The molecule has 5 nitrogen and oxygen atoms in total. The Hall–Kier alpha value is -1.36. The molecule has 2 heterocycles. The maximum Gasteiger partial charge on any atom is 0.134 e. The second-order valence-electron chi connectivity index (χ2n) is 5.38. The summed E-state index contributed by atoms with van der Waals surface area (Å²) in [5.41, 5.74) is 0. The van der Waals surface area contributed by atoms with Crippen molar-refractivity contribution in [1.29, 1.82) is 0 Å². The zero-order valence-electron chi connectivity index (χ0n) is 13.0. The Bertz CT molecular complexity index is 415. The van der Waals surface area contributed by atoms with Crippen LogP contribution in [0.1, 0.15) is 32.5 Å². The first-order valence-corrected chi connectivity index (χ1v) is 7.78. The smallest absolute Gasteiger partial charge is 0.134 e. The number of hydrogen-bond acceptors (Lipinski definition) is 5. The summed E-state index contributed by atoms with van der Waals surface area (Å²) in [6.07, 6.45) is 3.57. The highest BCUT2D eigenvalue weighted by Gasteiger charge is 2.13. The van der Waals surface area contributed by atoms with Gasteiger partial charge in [-0.3, -0.25) is 0 Å². The van der Waals surface area contributed by atoms with Gasteiger partial charge in [0.1, 0.15) is 17.5 Å². The van der Waals surface area contributed by atoms with E-state index in [0.717, 1.165) is 43.5 Å². The predicted octanol–water partition coefficient (Wildman–Crippen LogP) is 2.00. The van der Waals surface area contributed by atoms with E-state index >= 15 is 0 Å². The van der Waals surface area contributed by atoms with Gasteiger partial charge in [-0.15, -0.1) is 0 Å². The minimum atomic E-state index is 0.867. The van der Waals surface area contributed by atoms with Gasteiger partial charge in [0, 0.05) is 39.2 Å². The topological polar surface area (TPSA) is 44.3 Å². The van der Waals surface area contributed by atoms with E-state index in [4.69, 9.17) is 0 Å². The monoisotopic (exact) mass is 277 g/mol. The van der Waals surface area contributed by atoms with E-state index < -0.39 is 0 Å². The van der Waals surface area contributed by atoms with E-state index in [1.165, 1.54) is 25.9 Å². The lowest BCUT2D eigenvalue weighted by atomic mass is 10.4. The van der Waals surface area contributed by atoms with Crippen molar-refractivity contribution in [3.05, 3.63) is 11.9 Å². The fourth-order valence-corrected chi connectivity index (χ4v) is 2.52. The summed E-state index contributed by atoms with van der Waals surface area (Å²) in [6, 6.07) is 2.05. The molecule has 5 heteroatoms. The average molecular weight is 277 g/mol. The molecule has 0 unspecified atom stereocenters. The number of hydrogen-bond donors (Lipinski definition) is 1. The number of likely N-dealkylation sites (tertiary alicyclic amines) is 1. The van der Waals surface area contributed by atoms with Crippen LogP contribution in [-0.4, -0.2) is 54.6 Å². The van der Waals surface area contributed by atoms with E-state index in [2.05, 4.69) is 46.0 Å². The summed E-state index contributed by atoms with van der Waals surface area (Å²) in [7, 11) is 2.12. The van der Waals surface area contributed by atoms with Gasteiger partial charge in [0.15, 0.2) is 0 Å². The van der Waals surface area contributed by atoms with Crippen LogP contribution in [-0.2, 0) is 6.42 Å². The molecule has 0 amide bonds. The summed E-state index contributed by atoms with van der Waals surface area (Å²) in [4.78, 5) is 13.9. The number of likely N-dealkylation sites (N-methyl/N-ethyl adjacent to an activating group) is 1. The summed E-state index contributed by atoms with van der Waals surface area (Å²) in [5, 5.41) is 3.29. The Morgan fingerprint density at radius 2 is 2.00 bits per heavy atom. The predicted molar refractivity (Wildman–Crippen MR) is 84.5 cm³/mol. The third-order valence-electron chi connectivity index (χ3n) is 3.77. The van der Waals surface area contributed by atoms with Crippen molar-refractivity contribution in [2.75, 3.05) is 50.0 Å². The fourth-order valence-electron chi connectivity index (χ4n) is 2.52. The molecule has 0 bridgehead atoms. The molecule has 112 valence electrons. The second-order valence-corrected chi connectivity index (χ2v) is 5.38. The van der Waals surface area contributed by atoms with Crippen molar-refractivity contribution >= 4 is 11.6 Å². The van der Waals surface area contributed by atoms with E-state index in [1.807, 2.05) is 6.07 Å². The Labute approximate surface area is 122 Å². The van der Waals surface area contributed by atoms with Crippen LogP contribution in [0.4, 0.5) is 11.6 Å². The van der Waals surface area contributed by atoms with Gasteiger partial charge in [0.2, 0.25) is 0 Å². The van der Waals surface area contributed by atoms with Crippen LogP contribution in [0.3, 0.4) is 0 Å². The molecule has 1 aromatic rings. The van der Waals surface area contributed by atoms with Crippen molar-refractivity contribution in [2.45, 2.75) is 33.1 Å². The van der Waals surface area contributed by atoms with Crippen LogP contribution in [0.25, 0.3) is 0 Å². The molecule has 0 spiro atoms. The quantitative estimate of drug-likeness (QED) is 0.826. The van der Waals surface area contributed by atoms with Gasteiger partial charge in [-0.05, 0) is 32.9 Å². The number of nitrogens with zero attached hydrogens (tertiary/aromatic N) is 4. The molecule has 2 rings (SSSR count). The van der Waals surface area contributed by atoms with Gasteiger partial charge in [0.05, 0.1) is 0 Å². The zero-order valence-corrected chi connectivity index (χ0v) is 13.0. The normalized spacial score (nSPS) is 15.6. The van der Waals surface area contributed by atoms with Crippen molar-refractivity contribution in [3.8, 4) is 0 Å². The molecule has 0 radical (unpaired) electrons. The summed E-state index contributed by atoms with van der Waals surface area (Å²) >= 11 is 0. The van der Waals surface area contributed by atoms with Crippen molar-refractivity contribution in [1.82, 2.24) is 14.9 Å². The van der Waals surface area contributed by atoms with E-state index in [9.17, 15) is 0 Å². The van der Waals surface area contributed by atoms with Crippen LogP contribution in [0, 0.1) is 0 Å². The standard InChI is InChI=1S/C15H27N5/c1-4-13-17-14(16-5-2)12-15(18-13)19(3)10-11-20-8-6-7-9-20/h12H,4-11H2,1-3H3,(H,16,17,18). The molecule has 0 saturated carbocycles. The van der Waals surface area contributed by atoms with Gasteiger partial charge >= 0.3 is 0 Å². The number of anilines is 2. The summed E-state index contributed by atoms with van der Waals surface area (Å²) in [6.45, 7) is 9.71. The molecule has 20 heavy (non-hydrogen) atoms. The van der Waals surface area contributed by atoms with E-state index in [0.29, 0.717) is 0 Å². The highest BCUT2D eigenvalue weighted by Crippen LogP contribution is 2.15. The zero-order chi connectivity index (χ0) is 14.4. The SMILES string of the molecule is CCNc1cc(N(C)CCN2CCCC2)nc(CC)n1. The first-order valence-electron chi connectivity index (χ1n) is 7.78. The average Bonchev–Trinajstić information content (AvgIpc) is 2.98. The second kappa shape index (κ2) is 7.43. The number of rotatable bonds is 7. The maximum atomic E-state index is 4.64. The molecule has 1 N–H and O–H groups in total. The molecule has 1 aliphatic rings. The first-order chi connectivity index (χ1) is 9.72. The van der Waals surface area contributed by atoms with Gasteiger partial charge in [-0.25, -0.2) is 9.97 Å². The molecule has 1 fully saturated rings. The molecular weight excluding hydrogens is 250 g/mol. The van der Waals surface area contributed by atoms with Crippen molar-refractivity contribution in [2.24, 2.45) is 0 Å². The van der Waals surface area contributed by atoms with Gasteiger partial charge in [-0.2, -0.15) is 0 Å². The molecular formula is C15H27N5. The van der Waals surface area contributed by atoms with Gasteiger partial charge < -0.3 is 15.1 Å². The minimum absolute atomic E-state index is 0.867. The van der Waals surface area contributed by atoms with E-state index in [-0.39, 0.29) is 0 Å². The number of aryl methyl sites for hydroxylation is 1. The van der Waals surface area contributed by atoms with Crippen molar-refractivity contribution < 1.29 is 0 Å². The molecule has 1 aliphatic heterocycles. The largest absolute Gasteiger partial charge is 0.370 e. The van der Waals surface area contributed by atoms with Crippen LogP contribution in [0.5, 0.6) is 0 Å². The molecule has 0 aliphatic carbocycles. The minimum Gasteiger partial charge on any atom is -0.370 e. The fraction of sp³-hybridized carbons (Fsp3) is 0.733. The Kier molecular flexibility index (Phi) is 5.59. The van der Waals surface area contributed by atoms with Crippen LogP contribution >= 0.6 is 0 Å². The maximum absolute atomic E-state index is 4.64. The Morgan fingerprint density at radius 3 is 2.65 bits per heavy atom. The van der Waals surface area contributed by atoms with Gasteiger partial charge in [0.25, 0.3) is 0 Å². The van der Waals surface area contributed by atoms with Crippen LogP contribution in [0.15, 0.2) is 6.07 Å². The number of nitrogens with one attached hydrogen (secondary N) is 1. The highest BCUT2D eigenvalue weighted by molar-refractivity contribution is 5.49. The molecule has 0 aromatic carbocycles. The molecule has 1 aromatic heterocycles. The van der Waals surface area contributed by atoms with Gasteiger partial charge in [-0.1, -0.05) is 6.92 Å². The lowest BCUT2D eigenvalue weighted by Gasteiger charge is -2.23.